The molecule has 0 saturated carbocycles. The van der Waals surface area contributed by atoms with Crippen molar-refractivity contribution in [2.24, 2.45) is 0 Å². The van der Waals surface area contributed by atoms with E-state index in [9.17, 15) is 5.11 Å². The van der Waals surface area contributed by atoms with E-state index < -0.39 is 19.8 Å². The molecule has 1 aliphatic heterocycles. The normalized spacial score (nSPS) is 35.3. The summed E-state index contributed by atoms with van der Waals surface area (Å²) in [7, 11) is -1.96. The number of ether oxygens (including phenoxy) is 1. The lowest BCUT2D eigenvalue weighted by Crippen LogP contribution is -2.41. The molecule has 0 aromatic carbocycles. The third-order valence-electron chi connectivity index (χ3n) is 1.83. The van der Waals surface area contributed by atoms with Crippen molar-refractivity contribution in [3.8, 4) is 0 Å². The summed E-state index contributed by atoms with van der Waals surface area (Å²) >= 11 is 0.999. The molecule has 0 amide bonds. The van der Waals surface area contributed by atoms with Crippen molar-refractivity contribution in [3.63, 3.8) is 0 Å². The molecule has 0 unspecified atom stereocenters. The van der Waals surface area contributed by atoms with E-state index in [-0.39, 0.29) is 12.7 Å². The molecule has 13 heavy (non-hydrogen) atoms. The smallest absolute Gasteiger partial charge is 0.232 e. The second-order valence-electron chi connectivity index (χ2n) is 2.87. The Labute approximate surface area is 81.4 Å². The number of aliphatic hydroxyl groups excluding tert-OH is 2. The van der Waals surface area contributed by atoms with Gasteiger partial charge in [0.1, 0.15) is 6.10 Å². The van der Waals surface area contributed by atoms with E-state index in [1.54, 1.807) is 0 Å². The van der Waals surface area contributed by atoms with E-state index in [1.165, 1.54) is 0 Å². The van der Waals surface area contributed by atoms with Gasteiger partial charge in [0.2, 0.25) is 7.58 Å². The summed E-state index contributed by atoms with van der Waals surface area (Å²) in [6.07, 6.45) is -1.43. The third kappa shape index (κ3) is 4.08. The molecule has 0 radical (unpaired) electrons. The Kier molecular flexibility index (Phi) is 4.89. The largest absolute Gasteiger partial charge is 0.390 e. The zero-order chi connectivity index (χ0) is 9.84. The lowest BCUT2D eigenvalue weighted by atomic mass is 10.1. The summed E-state index contributed by atoms with van der Waals surface area (Å²) in [5, 5.41) is 18.4. The van der Waals surface area contributed by atoms with Crippen molar-refractivity contribution < 1.29 is 24.7 Å². The molecule has 0 spiro atoms. The lowest BCUT2D eigenvalue weighted by molar-refractivity contribution is -0.113. The van der Waals surface area contributed by atoms with Crippen molar-refractivity contribution >= 4 is 19.0 Å². The fourth-order valence-corrected chi connectivity index (χ4v) is 2.54. The second-order valence-corrected chi connectivity index (χ2v) is 5.73. The van der Waals surface area contributed by atoms with E-state index in [1.807, 2.05) is 0 Å². The molecule has 78 valence electrons. The molecular formula is C6H13O5PS. The number of rotatable bonds is 3. The quantitative estimate of drug-likeness (QED) is 0.484. The van der Waals surface area contributed by atoms with Crippen molar-refractivity contribution in [1.82, 2.24) is 0 Å². The molecule has 0 aromatic rings. The zero-order valence-electron chi connectivity index (χ0n) is 6.91. The standard InChI is InChI=1S/C6H13O5PS/c7-5-1-4(3-13-12(9)10)11-2-6(5)8/h4-10H,1-3H2/t4-,5-,6+/m0/s1. The molecule has 0 aromatic heterocycles. The number of hydrogen-bond donors (Lipinski definition) is 4. The van der Waals surface area contributed by atoms with Gasteiger partial charge in [0.05, 0.1) is 18.8 Å². The minimum Gasteiger partial charge on any atom is -0.390 e. The van der Waals surface area contributed by atoms with Crippen molar-refractivity contribution in [1.29, 1.82) is 0 Å². The monoisotopic (exact) mass is 228 g/mol. The summed E-state index contributed by atoms with van der Waals surface area (Å²) in [5.41, 5.74) is 0. The first-order valence-electron chi connectivity index (χ1n) is 3.88. The molecule has 5 nitrogen and oxygen atoms in total. The summed E-state index contributed by atoms with van der Waals surface area (Å²) in [6.45, 7) is 0.112. The first kappa shape index (κ1) is 11.7. The Bertz CT molecular complexity index is 158. The number of aliphatic hydroxyl groups is 2. The van der Waals surface area contributed by atoms with Crippen molar-refractivity contribution in [2.75, 3.05) is 12.4 Å². The maximum absolute atomic E-state index is 9.25. The maximum Gasteiger partial charge on any atom is 0.232 e. The van der Waals surface area contributed by atoms with Gasteiger partial charge >= 0.3 is 0 Å². The van der Waals surface area contributed by atoms with Crippen LogP contribution in [-0.4, -0.2) is 50.7 Å². The van der Waals surface area contributed by atoms with E-state index in [4.69, 9.17) is 19.6 Å². The zero-order valence-corrected chi connectivity index (χ0v) is 8.62. The second kappa shape index (κ2) is 5.46. The topological polar surface area (TPSA) is 90.2 Å². The van der Waals surface area contributed by atoms with Crippen LogP contribution in [0.1, 0.15) is 6.42 Å². The fraction of sp³-hybridized carbons (Fsp3) is 1.00. The van der Waals surface area contributed by atoms with Crippen LogP contribution in [-0.2, 0) is 4.74 Å². The van der Waals surface area contributed by atoms with Gasteiger partial charge in [-0.25, -0.2) is 0 Å². The SMILES string of the molecule is O[C@@H]1CO[C@H](CSP(O)O)C[C@@H]1O. The molecular weight excluding hydrogens is 215 g/mol. The summed E-state index contributed by atoms with van der Waals surface area (Å²) in [5.74, 6) is 0.433. The van der Waals surface area contributed by atoms with E-state index in [0.717, 1.165) is 11.4 Å². The van der Waals surface area contributed by atoms with Crippen LogP contribution in [0.2, 0.25) is 0 Å². The molecule has 7 heteroatoms. The van der Waals surface area contributed by atoms with Crippen LogP contribution < -0.4 is 0 Å². The molecule has 0 aliphatic carbocycles. The Hall–Kier alpha value is 0.580. The molecule has 3 atom stereocenters. The fourth-order valence-electron chi connectivity index (χ4n) is 1.11. The summed E-state index contributed by atoms with van der Waals surface area (Å²) in [6, 6.07) is 0. The van der Waals surface area contributed by atoms with Gasteiger partial charge in [-0.15, -0.1) is 0 Å². The van der Waals surface area contributed by atoms with Gasteiger partial charge in [-0.05, 0) is 0 Å². The molecule has 4 N–H and O–H groups in total. The predicted molar refractivity (Wildman–Crippen MR) is 50.2 cm³/mol. The molecule has 1 fully saturated rings. The van der Waals surface area contributed by atoms with Gasteiger partial charge < -0.3 is 24.7 Å². The van der Waals surface area contributed by atoms with E-state index in [0.29, 0.717) is 12.2 Å². The van der Waals surface area contributed by atoms with E-state index >= 15 is 0 Å². The van der Waals surface area contributed by atoms with Crippen molar-refractivity contribution in [2.45, 2.75) is 24.7 Å². The van der Waals surface area contributed by atoms with Crippen molar-refractivity contribution in [3.05, 3.63) is 0 Å². The Morgan fingerprint density at radius 1 is 1.31 bits per heavy atom. The molecule has 1 aliphatic rings. The molecule has 1 saturated heterocycles. The highest BCUT2D eigenvalue weighted by Crippen LogP contribution is 2.41. The molecule has 0 bridgehead atoms. The van der Waals surface area contributed by atoms with Gasteiger partial charge in [0.25, 0.3) is 0 Å². The van der Waals surface area contributed by atoms with Crippen LogP contribution in [0.3, 0.4) is 0 Å². The number of hydrogen-bond acceptors (Lipinski definition) is 6. The molecule has 1 heterocycles. The lowest BCUT2D eigenvalue weighted by Gasteiger charge is -2.30. The maximum atomic E-state index is 9.25. The first-order valence-corrected chi connectivity index (χ1v) is 6.72. The highest BCUT2D eigenvalue weighted by atomic mass is 32.7. The highest BCUT2D eigenvalue weighted by molar-refractivity contribution is 8.52. The minimum atomic E-state index is -1.96. The Morgan fingerprint density at radius 2 is 2.00 bits per heavy atom. The van der Waals surface area contributed by atoms with Crippen LogP contribution in [0.5, 0.6) is 0 Å². The van der Waals surface area contributed by atoms with Crippen LogP contribution in [0.4, 0.5) is 0 Å². The summed E-state index contributed by atoms with van der Waals surface area (Å²) in [4.78, 5) is 17.2. The van der Waals surface area contributed by atoms with Gasteiger partial charge in [0.15, 0.2) is 0 Å². The first-order chi connectivity index (χ1) is 6.09. The highest BCUT2D eigenvalue weighted by Gasteiger charge is 2.28. The van der Waals surface area contributed by atoms with Crippen LogP contribution >= 0.6 is 19.0 Å². The van der Waals surface area contributed by atoms with Gasteiger partial charge in [-0.3, -0.25) is 0 Å². The van der Waals surface area contributed by atoms with Gasteiger partial charge in [0, 0.05) is 12.2 Å². The van der Waals surface area contributed by atoms with Crippen LogP contribution in [0.25, 0.3) is 0 Å². The van der Waals surface area contributed by atoms with Crippen LogP contribution in [0, 0.1) is 0 Å². The third-order valence-corrected chi connectivity index (χ3v) is 3.72. The van der Waals surface area contributed by atoms with E-state index in [2.05, 4.69) is 0 Å². The Morgan fingerprint density at radius 3 is 2.54 bits per heavy atom. The van der Waals surface area contributed by atoms with Gasteiger partial charge in [-0.1, -0.05) is 11.4 Å². The predicted octanol–water partition coefficient (Wildman–Crippen LogP) is -0.558. The van der Waals surface area contributed by atoms with Gasteiger partial charge in [-0.2, -0.15) is 0 Å². The average Bonchev–Trinajstić information content (AvgIpc) is 2.07. The Balaban J connectivity index is 2.21. The minimum absolute atomic E-state index is 0.112. The molecule has 1 rings (SSSR count). The average molecular weight is 228 g/mol. The van der Waals surface area contributed by atoms with Crippen LogP contribution in [0.15, 0.2) is 0 Å². The summed E-state index contributed by atoms with van der Waals surface area (Å²) < 4.78 is 5.17.